The number of anilines is 1. The van der Waals surface area contributed by atoms with E-state index in [1.165, 1.54) is 34.5 Å². The number of nitrogens with two attached hydrogens (primary N) is 1. The number of aliphatic hydroxyl groups is 2. The lowest BCUT2D eigenvalue weighted by molar-refractivity contribution is -0.323. The van der Waals surface area contributed by atoms with Crippen LogP contribution in [-0.2, 0) is 53.9 Å². The number of fused-ring (bicyclic) bond motifs is 6. The Morgan fingerprint density at radius 3 is 2.08 bits per heavy atom. The molecule has 2 unspecified atom stereocenters. The largest absolute Gasteiger partial charge is 0.497 e. The van der Waals surface area contributed by atoms with Crippen molar-refractivity contribution in [2.45, 2.75) is 79.1 Å². The zero-order valence-electron chi connectivity index (χ0n) is 45.9. The predicted octanol–water partition coefficient (Wildman–Crippen LogP) is 6.63. The third kappa shape index (κ3) is 10.5. The highest BCUT2D eigenvalue weighted by Crippen LogP contribution is 2.70. The van der Waals surface area contributed by atoms with Crippen molar-refractivity contribution in [3.63, 3.8) is 0 Å². The number of methoxy groups -OCH3 is 4. The van der Waals surface area contributed by atoms with E-state index in [0.29, 0.717) is 34.5 Å². The summed E-state index contributed by atoms with van der Waals surface area (Å²) < 4.78 is 66.8. The highest BCUT2D eigenvalue weighted by atomic mass is 16.8. The number of primary amides is 1. The van der Waals surface area contributed by atoms with Gasteiger partial charge in [0.15, 0.2) is 17.5 Å². The average Bonchev–Trinajstić information content (AvgIpc) is 2.10. The lowest BCUT2D eigenvalue weighted by Crippen LogP contribution is -2.52. The van der Waals surface area contributed by atoms with E-state index in [2.05, 4.69) is 16.0 Å². The van der Waals surface area contributed by atoms with Crippen molar-refractivity contribution in [3.05, 3.63) is 173 Å². The number of rotatable bonds is 19. The highest BCUT2D eigenvalue weighted by molar-refractivity contribution is 5.96. The molecular formula is C62H64N4O17. The van der Waals surface area contributed by atoms with Crippen LogP contribution in [0.5, 0.6) is 23.0 Å². The van der Waals surface area contributed by atoms with Gasteiger partial charge in [0.25, 0.3) is 6.29 Å². The molecule has 6 aromatic carbocycles. The van der Waals surface area contributed by atoms with Crippen LogP contribution in [0.3, 0.4) is 0 Å². The Bertz CT molecular complexity index is 3290. The molecule has 21 heteroatoms. The number of hydrogen-bond donors (Lipinski definition) is 6. The van der Waals surface area contributed by atoms with Crippen LogP contribution in [0.2, 0.25) is 0 Å². The molecule has 11 rings (SSSR count). The van der Waals surface area contributed by atoms with E-state index in [4.69, 9.17) is 57.8 Å². The van der Waals surface area contributed by atoms with Gasteiger partial charge in [0, 0.05) is 48.9 Å². The molecule has 3 heterocycles. The van der Waals surface area contributed by atoms with Crippen molar-refractivity contribution in [1.29, 1.82) is 0 Å². The summed E-state index contributed by atoms with van der Waals surface area (Å²) in [4.78, 5) is 52.3. The number of carbonyl (C=O) groups is 4. The maximum atomic E-state index is 13.8. The van der Waals surface area contributed by atoms with Crippen LogP contribution in [0.1, 0.15) is 64.3 Å². The van der Waals surface area contributed by atoms with Gasteiger partial charge in [-0.05, 0) is 70.5 Å². The molecule has 2 saturated heterocycles. The van der Waals surface area contributed by atoms with E-state index in [1.807, 2.05) is 54.6 Å². The van der Waals surface area contributed by atoms with Crippen molar-refractivity contribution in [1.82, 2.24) is 10.6 Å². The molecule has 2 aliphatic carbocycles. The number of urea groups is 1. The minimum atomic E-state index is -2.31. The summed E-state index contributed by atoms with van der Waals surface area (Å²) in [6.45, 7) is 0.395. The molecule has 21 nitrogen and oxygen atoms in total. The summed E-state index contributed by atoms with van der Waals surface area (Å²) in [5.74, 6) is -2.87. The summed E-state index contributed by atoms with van der Waals surface area (Å²) in [5, 5.41) is 33.9. The number of benzene rings is 6. The number of nitrogens with one attached hydrogen (secondary N) is 3. The number of carbonyl (C=O) groups excluding carboxylic acids is 4. The molecule has 3 aliphatic heterocycles. The van der Waals surface area contributed by atoms with Gasteiger partial charge in [-0.1, -0.05) is 103 Å². The topological polar surface area (TPSA) is 272 Å². The molecule has 3 fully saturated rings. The Morgan fingerprint density at radius 1 is 0.747 bits per heavy atom. The minimum absolute atomic E-state index is 0.0437. The van der Waals surface area contributed by atoms with Crippen molar-refractivity contribution in [2.75, 3.05) is 60.1 Å². The molecular weight excluding hydrogens is 1070 g/mol. The van der Waals surface area contributed by atoms with Crippen LogP contribution in [-0.4, -0.2) is 126 Å². The van der Waals surface area contributed by atoms with Crippen LogP contribution < -0.4 is 40.6 Å². The third-order valence-corrected chi connectivity index (χ3v) is 16.1. The van der Waals surface area contributed by atoms with E-state index in [1.54, 1.807) is 78.9 Å². The van der Waals surface area contributed by atoms with E-state index < -0.39 is 90.3 Å². The number of ether oxygens (including phenoxy) is 11. The monoisotopic (exact) mass is 1140 g/mol. The van der Waals surface area contributed by atoms with Gasteiger partial charge in [0.1, 0.15) is 54.0 Å². The SMILES string of the molecule is COC(=O)[C@H]1[C@@H](O)[C@@]2(O)c3c(OC)cc(O[C@@H]4O[C@@H]([C@H]5COC(c6ccc(NC(=O)C(CCCNC(N)=O)NC(=O)OCC7c8ccccc8-c8ccccc87)cc6)O5)CO[C@H]4OC)cc3O[C@@]2(c2ccc(OC)cc2)[C@@H]1c1ccccc1. The summed E-state index contributed by atoms with van der Waals surface area (Å²) >= 11 is 0. The number of hydrogen-bond acceptors (Lipinski definition) is 17. The maximum Gasteiger partial charge on any atom is 0.407 e. The van der Waals surface area contributed by atoms with Gasteiger partial charge >= 0.3 is 18.1 Å². The first-order chi connectivity index (χ1) is 40.3. The Labute approximate surface area is 478 Å². The molecule has 7 N–H and O–H groups in total. The highest BCUT2D eigenvalue weighted by Gasteiger charge is 2.78. The van der Waals surface area contributed by atoms with Crippen LogP contribution in [0.4, 0.5) is 15.3 Å². The quantitative estimate of drug-likeness (QED) is 0.0367. The number of aliphatic hydroxyl groups excluding tert-OH is 1. The lowest BCUT2D eigenvalue weighted by atomic mass is 9.70. The van der Waals surface area contributed by atoms with Crippen LogP contribution in [0, 0.1) is 5.92 Å². The number of alkyl carbamates (subject to hydrolysis) is 1. The molecule has 0 spiro atoms. The second-order valence-corrected chi connectivity index (χ2v) is 20.7. The molecule has 0 aromatic heterocycles. The first-order valence-corrected chi connectivity index (χ1v) is 27.2. The zero-order chi connectivity index (χ0) is 58.0. The fraction of sp³-hybridized carbons (Fsp3) is 0.355. The predicted molar refractivity (Wildman–Crippen MR) is 296 cm³/mol. The van der Waals surface area contributed by atoms with Gasteiger partial charge in [-0.25, -0.2) is 9.59 Å². The van der Waals surface area contributed by atoms with Gasteiger partial charge in [0.05, 0.1) is 46.0 Å². The van der Waals surface area contributed by atoms with Crippen LogP contribution in [0.25, 0.3) is 11.1 Å². The smallest absolute Gasteiger partial charge is 0.407 e. The van der Waals surface area contributed by atoms with Gasteiger partial charge in [-0.2, -0.15) is 0 Å². The van der Waals surface area contributed by atoms with Gasteiger partial charge in [-0.3, -0.25) is 9.59 Å². The first-order valence-electron chi connectivity index (χ1n) is 27.2. The molecule has 1 saturated carbocycles. The Hall–Kier alpha value is -8.28. The fourth-order valence-electron chi connectivity index (χ4n) is 12.3. The first kappa shape index (κ1) is 56.6. The minimum Gasteiger partial charge on any atom is -0.497 e. The molecule has 434 valence electrons. The number of esters is 1. The van der Waals surface area contributed by atoms with E-state index >= 15 is 0 Å². The van der Waals surface area contributed by atoms with E-state index in [9.17, 15) is 29.4 Å². The molecule has 5 aliphatic rings. The Kier molecular flexibility index (Phi) is 16.3. The molecule has 0 bridgehead atoms. The molecule has 11 atom stereocenters. The molecule has 4 amide bonds. The maximum absolute atomic E-state index is 13.8. The fourth-order valence-corrected chi connectivity index (χ4v) is 12.3. The standard InChI is InChI=1S/C62H64N4O17/c1-73-38-26-22-36(23-27-38)62-51(34-13-6-5-7-14-34)50(55(69)75-3)53(67)61(62,72)52-46(74-2)29-39(30-47(52)83-62)80-58-57(76-4)78-33-49(82-58)48-32-77-56(81-48)35-20-24-37(25-21-35)65-54(68)45(19-12-28-64-59(63)70)66-60(71)79-31-44-42-17-10-8-15-40(42)41-16-9-11-18-43(41)44/h5-11,13-18,20-27,29-30,44-45,48-51,53,56-58,67,72H,12,19,28,31-33H2,1-4H3,(H,65,68)(H,66,71)(H3,63,64,70)/t45?,48-,49-,50-,51-,53-,56?,57-,58-,61+,62+/m1/s1. The Balaban J connectivity index is 0.760. The molecule has 83 heavy (non-hydrogen) atoms. The average molecular weight is 1140 g/mol. The van der Waals surface area contributed by atoms with Gasteiger partial charge in [-0.15, -0.1) is 0 Å². The van der Waals surface area contributed by atoms with Crippen molar-refractivity contribution >= 4 is 29.7 Å². The summed E-state index contributed by atoms with van der Waals surface area (Å²) in [6, 6.07) is 40.0. The third-order valence-electron chi connectivity index (χ3n) is 16.1. The second kappa shape index (κ2) is 23.9. The lowest BCUT2D eigenvalue weighted by Gasteiger charge is -2.40. The van der Waals surface area contributed by atoms with Crippen molar-refractivity contribution < 1.29 is 81.5 Å². The van der Waals surface area contributed by atoms with Crippen LogP contribution >= 0.6 is 0 Å². The number of amides is 4. The summed E-state index contributed by atoms with van der Waals surface area (Å²) in [5.41, 5.74) is 7.55. The van der Waals surface area contributed by atoms with Gasteiger partial charge < -0.3 is 84.0 Å². The summed E-state index contributed by atoms with van der Waals surface area (Å²) in [7, 11) is 5.60. The zero-order valence-corrected chi connectivity index (χ0v) is 45.9. The molecule has 0 radical (unpaired) electrons. The van der Waals surface area contributed by atoms with E-state index in [-0.39, 0.29) is 61.5 Å². The molecule has 6 aromatic rings. The Morgan fingerprint density at radius 2 is 1.42 bits per heavy atom. The van der Waals surface area contributed by atoms with Gasteiger partial charge in [0.2, 0.25) is 12.2 Å². The summed E-state index contributed by atoms with van der Waals surface area (Å²) in [6.07, 6.45) is -6.46. The van der Waals surface area contributed by atoms with Crippen LogP contribution in [0.15, 0.2) is 140 Å². The second-order valence-electron chi connectivity index (χ2n) is 20.7. The van der Waals surface area contributed by atoms with Crippen molar-refractivity contribution in [3.8, 4) is 34.1 Å². The normalized spacial score (nSPS) is 26.0. The van der Waals surface area contributed by atoms with Crippen molar-refractivity contribution in [2.24, 2.45) is 11.7 Å². The van der Waals surface area contributed by atoms with E-state index in [0.717, 1.165) is 22.3 Å².